The van der Waals surface area contributed by atoms with Gasteiger partial charge in [-0.15, -0.1) is 0 Å². The number of carbonyl (C=O) groups excluding carboxylic acids is 1. The van der Waals surface area contributed by atoms with E-state index in [-0.39, 0.29) is 5.78 Å². The molecule has 31 heavy (non-hydrogen) atoms. The Morgan fingerprint density at radius 2 is 1.77 bits per heavy atom. The lowest BCUT2D eigenvalue weighted by Gasteiger charge is -2.17. The number of halogens is 1. The van der Waals surface area contributed by atoms with Gasteiger partial charge >= 0.3 is 0 Å². The first kappa shape index (κ1) is 22.8. The summed E-state index contributed by atoms with van der Waals surface area (Å²) in [7, 11) is -4.09. The Morgan fingerprint density at radius 1 is 1.06 bits per heavy atom. The third kappa shape index (κ3) is 6.32. The van der Waals surface area contributed by atoms with Crippen molar-refractivity contribution in [2.24, 2.45) is 0 Å². The summed E-state index contributed by atoms with van der Waals surface area (Å²) in [6, 6.07) is 14.2. The molecular formula is C23H26FN3O3S. The number of carbonyl (C=O) groups is 1. The van der Waals surface area contributed by atoms with Gasteiger partial charge in [0.05, 0.1) is 17.9 Å². The lowest BCUT2D eigenvalue weighted by Crippen LogP contribution is -2.30. The Hall–Kier alpha value is -2.84. The summed E-state index contributed by atoms with van der Waals surface area (Å²) >= 11 is 0. The van der Waals surface area contributed by atoms with Gasteiger partial charge in [0.25, 0.3) is 0 Å². The lowest BCUT2D eigenvalue weighted by molar-refractivity contribution is -0.117. The molecule has 1 aromatic heterocycles. The van der Waals surface area contributed by atoms with E-state index in [1.165, 1.54) is 18.2 Å². The molecule has 0 fully saturated rings. The van der Waals surface area contributed by atoms with Crippen molar-refractivity contribution >= 4 is 15.8 Å². The molecule has 0 saturated carbocycles. The SMILES string of the molecule is CC(=O)CCCCC[C@H](NS(=O)(=O)c1ccccc1F)c1ncc(-c2ccccc2)[nH]1. The number of aromatic nitrogens is 2. The predicted octanol–water partition coefficient (Wildman–Crippen LogP) is 4.77. The molecular weight excluding hydrogens is 417 g/mol. The molecule has 164 valence electrons. The van der Waals surface area contributed by atoms with Crippen molar-refractivity contribution in [1.82, 2.24) is 14.7 Å². The molecule has 1 atom stereocenters. The van der Waals surface area contributed by atoms with Gasteiger partial charge in [0.1, 0.15) is 22.3 Å². The standard InChI is InChI=1S/C23H26FN3O3S/c1-17(28)10-4-2-7-14-20(27-31(29,30)22-15-9-8-13-19(22)24)23-25-16-21(26-23)18-11-5-3-6-12-18/h3,5-6,8-9,11-13,15-16,20,27H,2,4,7,10,14H2,1H3,(H,25,26)/t20-/m0/s1. The molecule has 0 amide bonds. The smallest absolute Gasteiger partial charge is 0.244 e. The summed E-state index contributed by atoms with van der Waals surface area (Å²) < 4.78 is 42.4. The minimum Gasteiger partial charge on any atom is -0.341 e. The first-order valence-electron chi connectivity index (χ1n) is 10.2. The normalized spacial score (nSPS) is 12.6. The number of sulfonamides is 1. The molecule has 0 aliphatic carbocycles. The van der Waals surface area contributed by atoms with Crippen molar-refractivity contribution < 1.29 is 17.6 Å². The molecule has 0 unspecified atom stereocenters. The molecule has 6 nitrogen and oxygen atoms in total. The summed E-state index contributed by atoms with van der Waals surface area (Å²) in [6.07, 6.45) is 4.85. The lowest BCUT2D eigenvalue weighted by atomic mass is 10.1. The van der Waals surface area contributed by atoms with Gasteiger partial charge in [-0.3, -0.25) is 0 Å². The fraction of sp³-hybridized carbons (Fsp3) is 0.304. The first-order valence-corrected chi connectivity index (χ1v) is 11.7. The van der Waals surface area contributed by atoms with E-state index in [4.69, 9.17) is 0 Å². The Balaban J connectivity index is 1.80. The monoisotopic (exact) mass is 443 g/mol. The number of nitrogens with zero attached hydrogens (tertiary/aromatic N) is 1. The second kappa shape index (κ2) is 10.5. The van der Waals surface area contributed by atoms with Gasteiger partial charge in [0.15, 0.2) is 0 Å². The third-order valence-electron chi connectivity index (χ3n) is 4.96. The number of unbranched alkanes of at least 4 members (excludes halogenated alkanes) is 2. The van der Waals surface area contributed by atoms with E-state index in [1.54, 1.807) is 13.1 Å². The molecule has 8 heteroatoms. The van der Waals surface area contributed by atoms with E-state index in [2.05, 4.69) is 14.7 Å². The van der Waals surface area contributed by atoms with Gasteiger partial charge in [-0.1, -0.05) is 55.3 Å². The third-order valence-corrected chi connectivity index (χ3v) is 6.46. The largest absolute Gasteiger partial charge is 0.341 e. The summed E-state index contributed by atoms with van der Waals surface area (Å²) in [5.74, 6) is -0.208. The minimum atomic E-state index is -4.09. The van der Waals surface area contributed by atoms with Crippen LogP contribution in [-0.2, 0) is 14.8 Å². The van der Waals surface area contributed by atoms with Gasteiger partial charge in [-0.05, 0) is 37.5 Å². The molecule has 0 aliphatic rings. The van der Waals surface area contributed by atoms with Crippen LogP contribution in [0.15, 0.2) is 65.7 Å². The van der Waals surface area contributed by atoms with Crippen molar-refractivity contribution in [1.29, 1.82) is 0 Å². The maximum absolute atomic E-state index is 14.1. The number of hydrogen-bond acceptors (Lipinski definition) is 4. The van der Waals surface area contributed by atoms with Crippen LogP contribution in [0.25, 0.3) is 11.3 Å². The van der Waals surface area contributed by atoms with Crippen molar-refractivity contribution in [3.8, 4) is 11.3 Å². The molecule has 0 saturated heterocycles. The van der Waals surface area contributed by atoms with E-state index in [1.807, 2.05) is 30.3 Å². The predicted molar refractivity (Wildman–Crippen MR) is 117 cm³/mol. The maximum Gasteiger partial charge on any atom is 0.244 e. The highest BCUT2D eigenvalue weighted by Crippen LogP contribution is 2.25. The fourth-order valence-corrected chi connectivity index (χ4v) is 4.66. The molecule has 3 rings (SSSR count). The van der Waals surface area contributed by atoms with Gasteiger partial charge in [0, 0.05) is 6.42 Å². The van der Waals surface area contributed by atoms with Crippen LogP contribution < -0.4 is 4.72 Å². The second-order valence-corrected chi connectivity index (χ2v) is 9.14. The van der Waals surface area contributed by atoms with Gasteiger partial charge < -0.3 is 9.78 Å². The fourth-order valence-electron chi connectivity index (χ4n) is 3.34. The molecule has 0 radical (unpaired) electrons. The number of nitrogens with one attached hydrogen (secondary N) is 2. The second-order valence-electron chi connectivity index (χ2n) is 7.45. The highest BCUT2D eigenvalue weighted by atomic mass is 32.2. The van der Waals surface area contributed by atoms with Crippen LogP contribution in [0.5, 0.6) is 0 Å². The summed E-state index contributed by atoms with van der Waals surface area (Å²) in [5, 5.41) is 0. The van der Waals surface area contributed by atoms with Crippen LogP contribution in [0.2, 0.25) is 0 Å². The zero-order chi connectivity index (χ0) is 22.3. The van der Waals surface area contributed by atoms with Gasteiger partial charge in [0.2, 0.25) is 10.0 Å². The zero-order valence-electron chi connectivity index (χ0n) is 17.3. The Bertz CT molecular complexity index is 1110. The van der Waals surface area contributed by atoms with Crippen LogP contribution in [0.1, 0.15) is 50.9 Å². The number of rotatable bonds is 11. The summed E-state index contributed by atoms with van der Waals surface area (Å²) in [5.41, 5.74) is 1.70. The summed E-state index contributed by atoms with van der Waals surface area (Å²) in [6.45, 7) is 1.55. The average molecular weight is 444 g/mol. The van der Waals surface area contributed by atoms with Crippen LogP contribution in [0, 0.1) is 5.82 Å². The minimum absolute atomic E-state index is 0.135. The molecule has 1 heterocycles. The zero-order valence-corrected chi connectivity index (χ0v) is 18.2. The van der Waals surface area contributed by atoms with E-state index >= 15 is 0 Å². The highest BCUT2D eigenvalue weighted by Gasteiger charge is 2.25. The van der Waals surface area contributed by atoms with Crippen molar-refractivity contribution in [3.05, 3.63) is 72.4 Å². The Morgan fingerprint density at radius 3 is 2.48 bits per heavy atom. The molecule has 2 N–H and O–H groups in total. The number of H-pyrrole nitrogens is 1. The first-order chi connectivity index (χ1) is 14.9. The Labute approximate surface area is 182 Å². The number of ketones is 1. The number of benzene rings is 2. The van der Waals surface area contributed by atoms with E-state index in [0.717, 1.165) is 30.2 Å². The highest BCUT2D eigenvalue weighted by molar-refractivity contribution is 7.89. The van der Waals surface area contributed by atoms with Gasteiger partial charge in [-0.25, -0.2) is 22.5 Å². The van der Waals surface area contributed by atoms with Crippen molar-refractivity contribution in [2.75, 3.05) is 0 Å². The number of Topliss-reactive ketones (excluding diaryl/α,β-unsaturated/α-hetero) is 1. The van der Waals surface area contributed by atoms with E-state index in [0.29, 0.717) is 25.1 Å². The molecule has 0 spiro atoms. The van der Waals surface area contributed by atoms with Crippen LogP contribution in [0.3, 0.4) is 0 Å². The van der Waals surface area contributed by atoms with Crippen LogP contribution >= 0.6 is 0 Å². The summed E-state index contributed by atoms with van der Waals surface area (Å²) in [4.78, 5) is 18.3. The van der Waals surface area contributed by atoms with Crippen LogP contribution in [0.4, 0.5) is 4.39 Å². The molecule has 3 aromatic rings. The Kier molecular flexibility index (Phi) is 7.70. The number of hydrogen-bond donors (Lipinski definition) is 2. The van der Waals surface area contributed by atoms with E-state index < -0.39 is 26.8 Å². The topological polar surface area (TPSA) is 91.9 Å². The molecule has 2 aromatic carbocycles. The molecule has 0 bridgehead atoms. The number of aromatic amines is 1. The van der Waals surface area contributed by atoms with Crippen molar-refractivity contribution in [2.45, 2.75) is 50.0 Å². The maximum atomic E-state index is 14.1. The van der Waals surface area contributed by atoms with Gasteiger partial charge in [-0.2, -0.15) is 0 Å². The van der Waals surface area contributed by atoms with Crippen molar-refractivity contribution in [3.63, 3.8) is 0 Å². The van der Waals surface area contributed by atoms with Crippen LogP contribution in [-0.4, -0.2) is 24.2 Å². The molecule has 0 aliphatic heterocycles. The average Bonchev–Trinajstić information content (AvgIpc) is 3.23. The quantitative estimate of drug-likeness (QED) is 0.417. The number of imidazole rings is 1. The van der Waals surface area contributed by atoms with E-state index in [9.17, 15) is 17.6 Å².